The summed E-state index contributed by atoms with van der Waals surface area (Å²) < 4.78 is 0. The molecule has 0 saturated heterocycles. The number of nitrogens with one attached hydrogen (secondary N) is 3. The molecule has 25 heavy (non-hydrogen) atoms. The number of H-pyrrole nitrogens is 2. The van der Waals surface area contributed by atoms with Crippen LogP contribution in [0.2, 0.25) is 5.02 Å². The summed E-state index contributed by atoms with van der Waals surface area (Å²) in [5.41, 5.74) is 6.26. The van der Waals surface area contributed by atoms with Gasteiger partial charge in [0.25, 0.3) is 5.91 Å². The van der Waals surface area contributed by atoms with Crippen molar-refractivity contribution in [3.63, 3.8) is 0 Å². The average Bonchev–Trinajstić information content (AvgIpc) is 3.28. The van der Waals surface area contributed by atoms with Crippen molar-refractivity contribution in [2.24, 2.45) is 0 Å². The number of benzene rings is 1. The number of aromatic nitrogens is 3. The maximum absolute atomic E-state index is 12.8. The van der Waals surface area contributed by atoms with Crippen LogP contribution in [0.5, 0.6) is 0 Å². The molecule has 0 aliphatic heterocycles. The first kappa shape index (κ1) is 15.0. The van der Waals surface area contributed by atoms with Gasteiger partial charge in [0.1, 0.15) is 0 Å². The van der Waals surface area contributed by atoms with Gasteiger partial charge in [-0.3, -0.25) is 9.89 Å². The summed E-state index contributed by atoms with van der Waals surface area (Å²) in [6.07, 6.45) is 6.03. The smallest absolute Gasteiger partial charge is 0.272 e. The van der Waals surface area contributed by atoms with Crippen molar-refractivity contribution < 1.29 is 4.79 Å². The van der Waals surface area contributed by atoms with Crippen molar-refractivity contribution in [3.05, 3.63) is 51.4 Å². The van der Waals surface area contributed by atoms with Crippen molar-refractivity contribution in [3.8, 4) is 0 Å². The predicted octanol–water partition coefficient (Wildman–Crippen LogP) is 3.84. The number of carbonyl (C=O) groups excluding carboxylic acids is 1. The minimum absolute atomic E-state index is 0.00354. The molecule has 0 bridgehead atoms. The average molecular weight is 355 g/mol. The summed E-state index contributed by atoms with van der Waals surface area (Å²) in [5.74, 6) is -0.0751. The molecule has 2 heterocycles. The lowest BCUT2D eigenvalue weighted by molar-refractivity contribution is 0.0926. The lowest BCUT2D eigenvalue weighted by Crippen LogP contribution is -2.31. The zero-order valence-corrected chi connectivity index (χ0v) is 14.5. The molecule has 0 fully saturated rings. The summed E-state index contributed by atoms with van der Waals surface area (Å²) in [6.45, 7) is 0. The Hall–Kier alpha value is -2.27. The Morgan fingerprint density at radius 2 is 2.08 bits per heavy atom. The van der Waals surface area contributed by atoms with E-state index in [2.05, 4.69) is 20.5 Å². The number of aromatic amines is 2. The molecule has 3 N–H and O–H groups in total. The third-order valence-corrected chi connectivity index (χ3v) is 5.73. The fourth-order valence-corrected chi connectivity index (χ4v) is 4.48. The largest absolute Gasteiger partial charge is 0.356 e. The van der Waals surface area contributed by atoms with Crippen LogP contribution < -0.4 is 5.32 Å². The Balaban J connectivity index is 1.48. The van der Waals surface area contributed by atoms with Crippen LogP contribution in [0.1, 0.15) is 58.3 Å². The Morgan fingerprint density at radius 1 is 1.20 bits per heavy atom. The van der Waals surface area contributed by atoms with Crippen LogP contribution in [-0.2, 0) is 19.3 Å². The van der Waals surface area contributed by atoms with Gasteiger partial charge in [-0.05, 0) is 62.3 Å². The van der Waals surface area contributed by atoms with Gasteiger partial charge in [-0.25, -0.2) is 0 Å². The first-order valence-electron chi connectivity index (χ1n) is 8.87. The minimum Gasteiger partial charge on any atom is -0.356 e. The molecule has 1 unspecified atom stereocenters. The molecule has 2 aliphatic carbocycles. The summed E-state index contributed by atoms with van der Waals surface area (Å²) >= 11 is 6.17. The SMILES string of the molecule is O=C(NC1CCCc2c1[nH]c1ccc(Cl)cc21)c1n[nH]c2c1CCC2. The maximum Gasteiger partial charge on any atom is 0.272 e. The normalized spacial score (nSPS) is 19.0. The van der Waals surface area contributed by atoms with Crippen molar-refractivity contribution in [2.75, 3.05) is 0 Å². The van der Waals surface area contributed by atoms with Gasteiger partial charge in [0.2, 0.25) is 0 Å². The van der Waals surface area contributed by atoms with Gasteiger partial charge < -0.3 is 10.3 Å². The number of amides is 1. The van der Waals surface area contributed by atoms with Crippen LogP contribution in [0.15, 0.2) is 18.2 Å². The third-order valence-electron chi connectivity index (χ3n) is 5.50. The van der Waals surface area contributed by atoms with E-state index < -0.39 is 0 Å². The van der Waals surface area contributed by atoms with Gasteiger partial charge in [0.15, 0.2) is 5.69 Å². The van der Waals surface area contributed by atoms with E-state index in [1.165, 1.54) is 10.9 Å². The second-order valence-corrected chi connectivity index (χ2v) is 7.44. The minimum atomic E-state index is -0.0751. The molecule has 2 aliphatic rings. The molecule has 0 saturated carbocycles. The Bertz CT molecular complexity index is 987. The zero-order valence-electron chi connectivity index (χ0n) is 13.8. The van der Waals surface area contributed by atoms with E-state index in [1.807, 2.05) is 18.2 Å². The van der Waals surface area contributed by atoms with E-state index in [-0.39, 0.29) is 11.9 Å². The lowest BCUT2D eigenvalue weighted by atomic mass is 9.91. The van der Waals surface area contributed by atoms with Gasteiger partial charge in [-0.2, -0.15) is 5.10 Å². The number of halogens is 1. The maximum atomic E-state index is 12.8. The molecule has 1 atom stereocenters. The van der Waals surface area contributed by atoms with Gasteiger partial charge in [-0.15, -0.1) is 0 Å². The standard InChI is InChI=1S/C19H19ClN4O/c20-10-7-8-14-13(9-10)11-3-1-6-16(17(11)21-14)22-19(25)18-12-4-2-5-15(12)23-24-18/h7-9,16,21H,1-6H2,(H,22,25)(H,23,24). The number of hydrogen-bond acceptors (Lipinski definition) is 2. The molecule has 128 valence electrons. The molecule has 1 amide bonds. The molecule has 1 aromatic carbocycles. The van der Waals surface area contributed by atoms with Crippen molar-refractivity contribution >= 4 is 28.4 Å². The molecular formula is C19H19ClN4O. The monoisotopic (exact) mass is 354 g/mol. The summed E-state index contributed by atoms with van der Waals surface area (Å²) in [7, 11) is 0. The Kier molecular flexibility index (Phi) is 3.38. The highest BCUT2D eigenvalue weighted by Crippen LogP contribution is 2.36. The predicted molar refractivity (Wildman–Crippen MR) is 97.1 cm³/mol. The fourth-order valence-electron chi connectivity index (χ4n) is 4.31. The van der Waals surface area contributed by atoms with E-state index in [0.29, 0.717) is 5.69 Å². The molecule has 5 nitrogen and oxygen atoms in total. The fraction of sp³-hybridized carbons (Fsp3) is 0.368. The van der Waals surface area contributed by atoms with Crippen LogP contribution >= 0.6 is 11.6 Å². The molecule has 0 radical (unpaired) electrons. The Labute approximate surface area is 150 Å². The van der Waals surface area contributed by atoms with Crippen molar-refractivity contribution in [1.29, 1.82) is 0 Å². The third kappa shape index (κ3) is 2.37. The molecule has 3 aromatic rings. The first-order chi connectivity index (χ1) is 12.2. The van der Waals surface area contributed by atoms with E-state index in [0.717, 1.165) is 66.0 Å². The number of nitrogens with zero attached hydrogens (tertiary/aromatic N) is 1. The number of hydrogen-bond donors (Lipinski definition) is 3. The first-order valence-corrected chi connectivity index (χ1v) is 9.25. The highest BCUT2D eigenvalue weighted by molar-refractivity contribution is 6.31. The van der Waals surface area contributed by atoms with Crippen LogP contribution in [-0.4, -0.2) is 21.1 Å². The highest BCUT2D eigenvalue weighted by Gasteiger charge is 2.29. The molecule has 5 rings (SSSR count). The number of fused-ring (bicyclic) bond motifs is 4. The number of rotatable bonds is 2. The second kappa shape index (κ2) is 5.63. The highest BCUT2D eigenvalue weighted by atomic mass is 35.5. The van der Waals surface area contributed by atoms with Crippen molar-refractivity contribution in [2.45, 2.75) is 44.6 Å². The van der Waals surface area contributed by atoms with Gasteiger partial charge in [0.05, 0.1) is 6.04 Å². The second-order valence-electron chi connectivity index (χ2n) is 7.01. The number of aryl methyl sites for hydroxylation is 2. The molecular weight excluding hydrogens is 336 g/mol. The van der Waals surface area contributed by atoms with Gasteiger partial charge >= 0.3 is 0 Å². The van der Waals surface area contributed by atoms with Crippen molar-refractivity contribution in [1.82, 2.24) is 20.5 Å². The van der Waals surface area contributed by atoms with E-state index >= 15 is 0 Å². The van der Waals surface area contributed by atoms with Gasteiger partial charge in [-0.1, -0.05) is 11.6 Å². The topological polar surface area (TPSA) is 73.6 Å². The zero-order chi connectivity index (χ0) is 17.0. The van der Waals surface area contributed by atoms with Crippen LogP contribution in [0.3, 0.4) is 0 Å². The quantitative estimate of drug-likeness (QED) is 0.654. The summed E-state index contributed by atoms with van der Waals surface area (Å²) in [6, 6.07) is 5.91. The van der Waals surface area contributed by atoms with Crippen LogP contribution in [0.25, 0.3) is 10.9 Å². The van der Waals surface area contributed by atoms with Crippen LogP contribution in [0.4, 0.5) is 0 Å². The molecule has 0 spiro atoms. The summed E-state index contributed by atoms with van der Waals surface area (Å²) in [4.78, 5) is 16.3. The van der Waals surface area contributed by atoms with E-state index in [9.17, 15) is 4.79 Å². The lowest BCUT2D eigenvalue weighted by Gasteiger charge is -2.23. The summed E-state index contributed by atoms with van der Waals surface area (Å²) in [5, 5.41) is 12.4. The Morgan fingerprint density at radius 3 is 3.00 bits per heavy atom. The van der Waals surface area contributed by atoms with Crippen LogP contribution in [0, 0.1) is 0 Å². The molecule has 2 aromatic heterocycles. The van der Waals surface area contributed by atoms with E-state index in [1.54, 1.807) is 0 Å². The number of carbonyl (C=O) groups is 1. The van der Waals surface area contributed by atoms with Gasteiger partial charge in [0, 0.05) is 32.9 Å². The van der Waals surface area contributed by atoms with E-state index in [4.69, 9.17) is 11.6 Å². The molecule has 6 heteroatoms.